The van der Waals surface area contributed by atoms with Crippen molar-refractivity contribution in [2.24, 2.45) is 0 Å². The van der Waals surface area contributed by atoms with E-state index < -0.39 is 0 Å². The predicted octanol–water partition coefficient (Wildman–Crippen LogP) is 1.85. The van der Waals surface area contributed by atoms with Crippen molar-refractivity contribution in [2.45, 2.75) is 13.0 Å². The molecule has 1 atom stereocenters. The maximum Gasteiger partial charge on any atom is 0.234 e. The molecule has 0 saturated heterocycles. The molecule has 0 bridgehead atoms. The first-order valence-corrected chi connectivity index (χ1v) is 7.22. The minimum absolute atomic E-state index is 0.128. The van der Waals surface area contributed by atoms with E-state index in [9.17, 15) is 9.59 Å². The van der Waals surface area contributed by atoms with E-state index in [0.29, 0.717) is 10.0 Å². The fourth-order valence-corrected chi connectivity index (χ4v) is 2.41. The van der Waals surface area contributed by atoms with Crippen molar-refractivity contribution < 1.29 is 9.59 Å². The number of likely N-dealkylation sites (N-methyl/N-ethyl adjacent to an activating group) is 2. The Kier molecular flexibility index (Phi) is 6.95. The largest absolute Gasteiger partial charge is 0.358 e. The lowest BCUT2D eigenvalue weighted by Gasteiger charge is -2.19. The van der Waals surface area contributed by atoms with Crippen molar-refractivity contribution in [1.82, 2.24) is 15.5 Å². The van der Waals surface area contributed by atoms with Crippen LogP contribution in [0, 0.1) is 0 Å². The number of amides is 2. The minimum Gasteiger partial charge on any atom is -0.358 e. The molecule has 21 heavy (non-hydrogen) atoms. The Morgan fingerprint density at radius 1 is 1.24 bits per heavy atom. The van der Waals surface area contributed by atoms with Gasteiger partial charge < -0.3 is 10.6 Å². The van der Waals surface area contributed by atoms with E-state index in [-0.39, 0.29) is 30.9 Å². The molecule has 0 fully saturated rings. The van der Waals surface area contributed by atoms with E-state index in [1.54, 1.807) is 37.2 Å². The van der Waals surface area contributed by atoms with Crippen molar-refractivity contribution >= 4 is 35.0 Å². The molecule has 0 heterocycles. The van der Waals surface area contributed by atoms with Gasteiger partial charge in [0.05, 0.1) is 19.1 Å². The molecule has 0 radical (unpaired) electrons. The molecule has 0 saturated carbocycles. The van der Waals surface area contributed by atoms with Gasteiger partial charge in [-0.25, -0.2) is 0 Å². The van der Waals surface area contributed by atoms with Gasteiger partial charge in [0.1, 0.15) is 0 Å². The van der Waals surface area contributed by atoms with Crippen LogP contribution in [0.15, 0.2) is 18.2 Å². The van der Waals surface area contributed by atoms with Crippen molar-refractivity contribution in [2.75, 3.05) is 27.2 Å². The number of carbonyl (C=O) groups is 2. The lowest BCUT2D eigenvalue weighted by atomic mass is 10.1. The quantitative estimate of drug-likeness (QED) is 0.836. The Balaban J connectivity index is 2.56. The van der Waals surface area contributed by atoms with Crippen LogP contribution in [0.5, 0.6) is 0 Å². The number of nitrogens with one attached hydrogen (secondary N) is 2. The van der Waals surface area contributed by atoms with E-state index in [2.05, 4.69) is 10.6 Å². The van der Waals surface area contributed by atoms with Crippen molar-refractivity contribution in [3.05, 3.63) is 33.8 Å². The highest BCUT2D eigenvalue weighted by atomic mass is 35.5. The molecule has 1 aromatic rings. The zero-order chi connectivity index (χ0) is 16.0. The van der Waals surface area contributed by atoms with E-state index in [1.807, 2.05) is 6.92 Å². The van der Waals surface area contributed by atoms with E-state index >= 15 is 0 Å². The maximum absolute atomic E-state index is 11.9. The molecule has 0 aliphatic heterocycles. The molecule has 1 aromatic carbocycles. The van der Waals surface area contributed by atoms with Gasteiger partial charge in [-0.1, -0.05) is 29.3 Å². The first kappa shape index (κ1) is 17.8. The number of hydrogen-bond acceptors (Lipinski definition) is 3. The average molecular weight is 332 g/mol. The van der Waals surface area contributed by atoms with Crippen LogP contribution in [0.3, 0.4) is 0 Å². The zero-order valence-corrected chi connectivity index (χ0v) is 13.8. The van der Waals surface area contributed by atoms with Gasteiger partial charge in [0.25, 0.3) is 0 Å². The van der Waals surface area contributed by atoms with Crippen molar-refractivity contribution in [1.29, 1.82) is 0 Å². The summed E-state index contributed by atoms with van der Waals surface area (Å²) >= 11 is 11.9. The molecule has 2 N–H and O–H groups in total. The van der Waals surface area contributed by atoms with E-state index in [4.69, 9.17) is 23.2 Å². The topological polar surface area (TPSA) is 61.4 Å². The van der Waals surface area contributed by atoms with Gasteiger partial charge >= 0.3 is 0 Å². The SMILES string of the molecule is CNC(=O)CN(C)CC(=O)NC(C)c1ccc(Cl)cc1Cl. The van der Waals surface area contributed by atoms with Crippen LogP contribution in [0.25, 0.3) is 0 Å². The molecular formula is C14H19Cl2N3O2. The van der Waals surface area contributed by atoms with Crippen molar-refractivity contribution in [3.63, 3.8) is 0 Å². The molecule has 1 unspecified atom stereocenters. The van der Waals surface area contributed by atoms with Gasteiger partial charge in [0.15, 0.2) is 0 Å². The summed E-state index contributed by atoms with van der Waals surface area (Å²) < 4.78 is 0. The van der Waals surface area contributed by atoms with Gasteiger partial charge in [-0.15, -0.1) is 0 Å². The van der Waals surface area contributed by atoms with Crippen LogP contribution in [0.2, 0.25) is 10.0 Å². The fraction of sp³-hybridized carbons (Fsp3) is 0.429. The summed E-state index contributed by atoms with van der Waals surface area (Å²) in [5, 5.41) is 6.40. The maximum atomic E-state index is 11.9. The number of carbonyl (C=O) groups excluding carboxylic acids is 2. The van der Waals surface area contributed by atoms with Gasteiger partial charge in [-0.3, -0.25) is 14.5 Å². The Labute approximate surface area is 134 Å². The second-order valence-corrected chi connectivity index (χ2v) is 5.64. The molecule has 1 rings (SSSR count). The lowest BCUT2D eigenvalue weighted by molar-refractivity contribution is -0.124. The van der Waals surface area contributed by atoms with Crippen LogP contribution >= 0.6 is 23.2 Å². The number of benzene rings is 1. The lowest BCUT2D eigenvalue weighted by Crippen LogP contribution is -2.40. The Morgan fingerprint density at radius 3 is 2.43 bits per heavy atom. The van der Waals surface area contributed by atoms with E-state index in [0.717, 1.165) is 5.56 Å². The van der Waals surface area contributed by atoms with E-state index in [1.165, 1.54) is 0 Å². The Hall–Kier alpha value is -1.30. The summed E-state index contributed by atoms with van der Waals surface area (Å²) in [5.74, 6) is -0.320. The molecule has 0 aliphatic carbocycles. The first-order valence-electron chi connectivity index (χ1n) is 6.47. The van der Waals surface area contributed by atoms with Gasteiger partial charge in [-0.05, 0) is 31.7 Å². The molecule has 2 amide bonds. The molecule has 0 spiro atoms. The van der Waals surface area contributed by atoms with Crippen LogP contribution in [0.1, 0.15) is 18.5 Å². The summed E-state index contributed by atoms with van der Waals surface area (Å²) in [6.07, 6.45) is 0. The average Bonchev–Trinajstić information content (AvgIpc) is 2.37. The monoisotopic (exact) mass is 331 g/mol. The molecule has 5 nitrogen and oxygen atoms in total. The highest BCUT2D eigenvalue weighted by molar-refractivity contribution is 6.35. The third kappa shape index (κ3) is 5.91. The molecular weight excluding hydrogens is 313 g/mol. The summed E-state index contributed by atoms with van der Waals surface area (Å²) in [7, 11) is 3.26. The summed E-state index contributed by atoms with van der Waals surface area (Å²) in [4.78, 5) is 24.8. The van der Waals surface area contributed by atoms with Gasteiger partial charge in [0.2, 0.25) is 11.8 Å². The fourth-order valence-electron chi connectivity index (χ4n) is 1.84. The Morgan fingerprint density at radius 2 is 1.86 bits per heavy atom. The molecule has 116 valence electrons. The van der Waals surface area contributed by atoms with Crippen LogP contribution in [-0.2, 0) is 9.59 Å². The third-order valence-corrected chi connectivity index (χ3v) is 3.47. The second-order valence-electron chi connectivity index (χ2n) is 4.80. The smallest absolute Gasteiger partial charge is 0.234 e. The van der Waals surface area contributed by atoms with Gasteiger partial charge in [0, 0.05) is 17.1 Å². The first-order chi connectivity index (χ1) is 9.83. The number of rotatable bonds is 6. The predicted molar refractivity (Wildman–Crippen MR) is 84.6 cm³/mol. The highest BCUT2D eigenvalue weighted by Crippen LogP contribution is 2.25. The molecule has 0 aliphatic rings. The van der Waals surface area contributed by atoms with Crippen LogP contribution in [-0.4, -0.2) is 43.9 Å². The second kappa shape index (κ2) is 8.22. The summed E-state index contributed by atoms with van der Waals surface area (Å²) in [6, 6.07) is 4.90. The number of nitrogens with zero attached hydrogens (tertiary/aromatic N) is 1. The number of hydrogen-bond donors (Lipinski definition) is 2. The normalized spacial score (nSPS) is 12.1. The standard InChI is InChI=1S/C14H19Cl2N3O2/c1-9(11-5-4-10(15)6-12(11)16)18-14(21)8-19(3)7-13(20)17-2/h4-6,9H,7-8H2,1-3H3,(H,17,20)(H,18,21). The van der Waals surface area contributed by atoms with Gasteiger partial charge in [-0.2, -0.15) is 0 Å². The zero-order valence-electron chi connectivity index (χ0n) is 12.2. The summed E-state index contributed by atoms with van der Waals surface area (Å²) in [5.41, 5.74) is 0.795. The highest BCUT2D eigenvalue weighted by Gasteiger charge is 2.15. The minimum atomic E-state index is -0.240. The van der Waals surface area contributed by atoms with Crippen molar-refractivity contribution in [3.8, 4) is 0 Å². The molecule has 0 aromatic heterocycles. The Bertz CT molecular complexity index is 523. The number of halogens is 2. The summed E-state index contributed by atoms with van der Waals surface area (Å²) in [6.45, 7) is 2.13. The van der Waals surface area contributed by atoms with Crippen LogP contribution in [0.4, 0.5) is 0 Å². The van der Waals surface area contributed by atoms with Crippen LogP contribution < -0.4 is 10.6 Å². The third-order valence-electron chi connectivity index (χ3n) is 2.91. The molecule has 7 heteroatoms.